The quantitative estimate of drug-likeness (QED) is 0.700. The Labute approximate surface area is 126 Å². The van der Waals surface area contributed by atoms with E-state index in [1.807, 2.05) is 0 Å². The van der Waals surface area contributed by atoms with Gasteiger partial charge >= 0.3 is 0 Å². The Morgan fingerprint density at radius 3 is 2.39 bits per heavy atom. The van der Waals surface area contributed by atoms with E-state index in [-0.39, 0.29) is 33.2 Å². The van der Waals surface area contributed by atoms with Gasteiger partial charge < -0.3 is 4.57 Å². The molecule has 5 heteroatoms. The SMILES string of the molecule is CC1=CC2=CCN([Si](C)(C)C=[Si](C)C)C2=C1.Cl.Cl. The average molecular weight is 320 g/mol. The smallest absolute Gasteiger partial charge is 0.170 e. The van der Waals surface area contributed by atoms with Crippen LogP contribution in [0.15, 0.2) is 35.1 Å². The summed E-state index contributed by atoms with van der Waals surface area (Å²) in [6.45, 7) is 13.0. The van der Waals surface area contributed by atoms with Crippen molar-refractivity contribution in [3.63, 3.8) is 0 Å². The topological polar surface area (TPSA) is 3.24 Å². The molecule has 0 unspecified atom stereocenters. The van der Waals surface area contributed by atoms with Crippen LogP contribution in [0.25, 0.3) is 0 Å². The first kappa shape index (κ1) is 17.9. The molecule has 0 bridgehead atoms. The minimum Gasteiger partial charge on any atom is -0.391 e. The molecule has 0 saturated carbocycles. The number of rotatable bonds is 2. The molecule has 18 heavy (non-hydrogen) atoms. The first-order chi connectivity index (χ1) is 7.40. The van der Waals surface area contributed by atoms with Gasteiger partial charge in [0.15, 0.2) is 8.24 Å². The summed E-state index contributed by atoms with van der Waals surface area (Å²) in [6, 6.07) is 0. The third-order valence-corrected chi connectivity index (χ3v) is 10.1. The van der Waals surface area contributed by atoms with Gasteiger partial charge in [-0.05, 0) is 45.6 Å². The van der Waals surface area contributed by atoms with E-state index in [1.165, 1.54) is 16.8 Å². The van der Waals surface area contributed by atoms with Crippen molar-refractivity contribution in [2.24, 2.45) is 0 Å². The monoisotopic (exact) mass is 319 g/mol. The second-order valence-electron chi connectivity index (χ2n) is 5.56. The standard InChI is InChI=1S/C13H21NSi2.2ClH/c1-11-8-12-6-7-14(13(12)9-11)16(4,5)10-15(2)3;;/h6,8-10H,7H2,1-5H3;2*1H. The largest absolute Gasteiger partial charge is 0.391 e. The maximum Gasteiger partial charge on any atom is 0.170 e. The van der Waals surface area contributed by atoms with Crippen LogP contribution in [0, 0.1) is 0 Å². The van der Waals surface area contributed by atoms with Crippen LogP contribution in [0.1, 0.15) is 6.92 Å². The highest BCUT2D eigenvalue weighted by Gasteiger charge is 2.33. The number of hydrogen-bond donors (Lipinski definition) is 0. The Morgan fingerprint density at radius 1 is 1.22 bits per heavy atom. The van der Waals surface area contributed by atoms with Gasteiger partial charge in [-0.25, -0.2) is 0 Å². The summed E-state index contributed by atoms with van der Waals surface area (Å²) in [5.41, 5.74) is 4.33. The summed E-state index contributed by atoms with van der Waals surface area (Å²) in [5, 5.41) is 2.67. The second kappa shape index (κ2) is 6.37. The van der Waals surface area contributed by atoms with Crippen LogP contribution in [0.2, 0.25) is 26.2 Å². The predicted octanol–water partition coefficient (Wildman–Crippen LogP) is 3.80. The van der Waals surface area contributed by atoms with Gasteiger partial charge in [0.1, 0.15) is 0 Å². The van der Waals surface area contributed by atoms with Gasteiger partial charge in [-0.15, -0.1) is 24.8 Å². The molecule has 2 rings (SSSR count). The Hall–Kier alpha value is -0.0962. The van der Waals surface area contributed by atoms with E-state index in [0.29, 0.717) is 0 Å². The number of nitrogens with zero attached hydrogens (tertiary/aromatic N) is 1. The van der Waals surface area contributed by atoms with E-state index in [1.54, 1.807) is 0 Å². The van der Waals surface area contributed by atoms with E-state index < -0.39 is 8.24 Å². The van der Waals surface area contributed by atoms with E-state index in [2.05, 4.69) is 61.2 Å². The van der Waals surface area contributed by atoms with E-state index in [4.69, 9.17) is 0 Å². The van der Waals surface area contributed by atoms with E-state index >= 15 is 0 Å². The lowest BCUT2D eigenvalue weighted by atomic mass is 10.3. The number of fused-ring (bicyclic) bond motifs is 1. The zero-order valence-corrected chi connectivity index (χ0v) is 15.4. The number of allylic oxidation sites excluding steroid dienone is 3. The molecule has 0 aromatic carbocycles. The van der Waals surface area contributed by atoms with Crippen molar-refractivity contribution >= 4 is 46.8 Å². The van der Waals surface area contributed by atoms with Crippen LogP contribution in [-0.4, -0.2) is 33.0 Å². The molecule has 0 fully saturated rings. The molecular formula is C13H23Cl2NSi2. The van der Waals surface area contributed by atoms with Gasteiger partial charge in [-0.1, -0.05) is 30.5 Å². The highest BCUT2D eigenvalue weighted by Crippen LogP contribution is 2.34. The molecule has 0 spiro atoms. The van der Waals surface area contributed by atoms with Gasteiger partial charge in [-0.3, -0.25) is 0 Å². The highest BCUT2D eigenvalue weighted by atomic mass is 35.5. The van der Waals surface area contributed by atoms with Gasteiger partial charge in [-0.2, -0.15) is 0 Å². The molecule has 1 heterocycles. The van der Waals surface area contributed by atoms with Gasteiger partial charge in [0.25, 0.3) is 0 Å². The first-order valence-electron chi connectivity index (χ1n) is 5.94. The van der Waals surface area contributed by atoms with Crippen LogP contribution in [-0.2, 0) is 0 Å². The van der Waals surface area contributed by atoms with Crippen molar-refractivity contribution < 1.29 is 0 Å². The molecule has 2 aliphatic rings. The lowest BCUT2D eigenvalue weighted by Gasteiger charge is -2.34. The molecule has 0 saturated heterocycles. The molecule has 0 aromatic heterocycles. The van der Waals surface area contributed by atoms with Crippen LogP contribution in [0.5, 0.6) is 0 Å². The summed E-state index contributed by atoms with van der Waals surface area (Å²) in [7, 11) is -1.59. The number of hydrogen-bond acceptors (Lipinski definition) is 1. The van der Waals surface area contributed by atoms with Crippen LogP contribution < -0.4 is 0 Å². The fourth-order valence-corrected chi connectivity index (χ4v) is 10.3. The predicted molar refractivity (Wildman–Crippen MR) is 92.2 cm³/mol. The zero-order valence-electron chi connectivity index (χ0n) is 11.8. The summed E-state index contributed by atoms with van der Waals surface area (Å²) in [4.78, 5) is 0. The van der Waals surface area contributed by atoms with Crippen molar-refractivity contribution in [3.05, 3.63) is 35.1 Å². The third-order valence-electron chi connectivity index (χ3n) is 3.17. The first-order valence-corrected chi connectivity index (χ1v) is 11.5. The van der Waals surface area contributed by atoms with Crippen molar-refractivity contribution in [2.45, 2.75) is 33.1 Å². The fraction of sp³-hybridized carbons (Fsp3) is 0.462. The Balaban J connectivity index is 0.00000144. The van der Waals surface area contributed by atoms with Crippen LogP contribution in [0.3, 0.4) is 0 Å². The van der Waals surface area contributed by atoms with Gasteiger partial charge in [0.05, 0.1) is 0 Å². The molecule has 0 aromatic rings. The van der Waals surface area contributed by atoms with E-state index in [0.717, 1.165) is 6.54 Å². The molecular weight excluding hydrogens is 297 g/mol. The minimum atomic E-state index is -1.35. The maximum absolute atomic E-state index is 2.67. The maximum atomic E-state index is 2.67. The molecule has 1 aliphatic heterocycles. The minimum absolute atomic E-state index is 0. The Kier molecular flexibility index (Phi) is 6.34. The molecule has 0 radical (unpaired) electrons. The lowest BCUT2D eigenvalue weighted by molar-refractivity contribution is 0.626. The van der Waals surface area contributed by atoms with E-state index in [9.17, 15) is 0 Å². The second-order valence-corrected chi connectivity index (χ2v) is 12.7. The average Bonchev–Trinajstić information content (AvgIpc) is 2.58. The zero-order chi connectivity index (χ0) is 11.9. The van der Waals surface area contributed by atoms with Crippen LogP contribution >= 0.6 is 24.8 Å². The van der Waals surface area contributed by atoms with Crippen molar-refractivity contribution in [2.75, 3.05) is 6.54 Å². The van der Waals surface area contributed by atoms with Crippen molar-refractivity contribution in [1.29, 1.82) is 0 Å². The summed E-state index contributed by atoms with van der Waals surface area (Å²) in [6.07, 6.45) is 7.03. The lowest BCUT2D eigenvalue weighted by Crippen LogP contribution is -2.49. The summed E-state index contributed by atoms with van der Waals surface area (Å²) < 4.78 is 2.66. The molecule has 0 N–H and O–H groups in total. The summed E-state index contributed by atoms with van der Waals surface area (Å²) >= 11 is 0. The summed E-state index contributed by atoms with van der Waals surface area (Å²) in [5.74, 6) is 0. The van der Waals surface area contributed by atoms with Gasteiger partial charge in [0.2, 0.25) is 0 Å². The molecule has 0 amide bonds. The normalized spacial score (nSPS) is 16.9. The third kappa shape index (κ3) is 3.47. The molecule has 0 atom stereocenters. The molecule has 102 valence electrons. The Morgan fingerprint density at radius 2 is 1.83 bits per heavy atom. The highest BCUT2D eigenvalue weighted by molar-refractivity contribution is 7.09. The molecule has 1 aliphatic carbocycles. The fourth-order valence-electron chi connectivity index (χ4n) is 2.68. The van der Waals surface area contributed by atoms with Gasteiger partial charge in [0, 0.05) is 12.2 Å². The number of halogens is 2. The van der Waals surface area contributed by atoms with Crippen molar-refractivity contribution in [3.8, 4) is 0 Å². The van der Waals surface area contributed by atoms with Crippen LogP contribution in [0.4, 0.5) is 0 Å². The molecule has 1 nitrogen and oxygen atoms in total. The Bertz CT molecular complexity index is 444. The van der Waals surface area contributed by atoms with Crippen molar-refractivity contribution in [1.82, 2.24) is 4.57 Å².